The molecule has 1 saturated heterocycles. The normalized spacial score (nSPS) is 15.9. The molecule has 3 N–H and O–H groups in total. The minimum Gasteiger partial charge on any atom is -0.352 e. The Morgan fingerprint density at radius 1 is 1.00 bits per heavy atom. The number of amides is 3. The van der Waals surface area contributed by atoms with Crippen molar-refractivity contribution in [3.63, 3.8) is 0 Å². The molecule has 5 rings (SSSR count). The smallest absolute Gasteiger partial charge is 0.323 e. The first kappa shape index (κ1) is 21.4. The number of para-hydroxylation sites is 1. The fourth-order valence-electron chi connectivity index (χ4n) is 4.39. The van der Waals surface area contributed by atoms with Gasteiger partial charge in [-0.25, -0.2) is 14.8 Å². The topological polar surface area (TPSA) is 106 Å². The van der Waals surface area contributed by atoms with E-state index in [0.717, 1.165) is 22.4 Å². The maximum absolute atomic E-state index is 12.5. The van der Waals surface area contributed by atoms with Crippen molar-refractivity contribution >= 4 is 40.2 Å². The summed E-state index contributed by atoms with van der Waals surface area (Å²) in [6.45, 7) is 3.41. The summed E-state index contributed by atoms with van der Waals surface area (Å²) in [6.07, 6.45) is 3.40. The Labute approximate surface area is 201 Å². The molecule has 0 aliphatic carbocycles. The number of H-pyrrole nitrogens is 1. The quantitative estimate of drug-likeness (QED) is 0.407. The molecule has 2 aromatic heterocycles. The third-order valence-corrected chi connectivity index (χ3v) is 5.98. The van der Waals surface area contributed by atoms with Gasteiger partial charge < -0.3 is 25.4 Å². The molecule has 0 bridgehead atoms. The van der Waals surface area contributed by atoms with Crippen molar-refractivity contribution in [2.24, 2.45) is 0 Å². The molecule has 1 fully saturated rings. The van der Waals surface area contributed by atoms with Crippen molar-refractivity contribution in [3.8, 4) is 0 Å². The summed E-state index contributed by atoms with van der Waals surface area (Å²) in [5, 5.41) is 6.65. The third-order valence-electron chi connectivity index (χ3n) is 5.98. The first-order chi connectivity index (χ1) is 16.6. The number of carbonyl (C=O) groups excluding carboxylic acids is 2. The van der Waals surface area contributed by atoms with E-state index in [1.807, 2.05) is 71.8 Å². The van der Waals surface area contributed by atoms with Gasteiger partial charge in [0, 0.05) is 48.4 Å². The first-order valence-electron chi connectivity index (χ1n) is 11.1. The molecule has 34 heavy (non-hydrogen) atoms. The van der Waals surface area contributed by atoms with Crippen LogP contribution in [0.3, 0.4) is 0 Å². The highest BCUT2D eigenvalue weighted by Crippen LogP contribution is 2.31. The van der Waals surface area contributed by atoms with Crippen LogP contribution in [0.5, 0.6) is 0 Å². The average molecular weight is 462 g/mol. The Hall–Kier alpha value is -4.40. The molecular formula is C25H31N7O2. The number of nitrogens with zero attached hydrogens (tertiary/aromatic N) is 4. The number of hydrogen-bond acceptors (Lipinski definition) is 5. The number of piperazine rings is 1. The number of urea groups is 1. The monoisotopic (exact) mass is 461 g/mol. The van der Waals surface area contributed by atoms with Crippen LogP contribution < -0.4 is 15.5 Å². The number of fused-ring (bicyclic) bond motifs is 1. The van der Waals surface area contributed by atoms with E-state index < -0.39 is 0 Å². The van der Waals surface area contributed by atoms with Crippen LogP contribution in [0.1, 0.15) is 22.8 Å². The summed E-state index contributed by atoms with van der Waals surface area (Å²) in [7, 11) is 0. The Morgan fingerprint density at radius 3 is 2.62 bits per heavy atom. The summed E-state index contributed by atoms with van der Waals surface area (Å²) in [6, 6.07) is 18.3. The Morgan fingerprint density at radius 2 is 1.79 bits per heavy atom. The fraction of sp³-hybridized carbons (Fsp3) is 0.200. The third kappa shape index (κ3) is 4.40. The van der Waals surface area contributed by atoms with Gasteiger partial charge in [-0.1, -0.05) is 30.3 Å². The van der Waals surface area contributed by atoms with E-state index >= 15 is 0 Å². The second-order valence-electron chi connectivity index (χ2n) is 8.18. The highest BCUT2D eigenvalue weighted by molar-refractivity contribution is 5.99. The van der Waals surface area contributed by atoms with Gasteiger partial charge in [-0.2, -0.15) is 0 Å². The minimum atomic E-state index is -0.326. The van der Waals surface area contributed by atoms with Gasteiger partial charge in [0.1, 0.15) is 17.8 Å². The van der Waals surface area contributed by atoms with Crippen LogP contribution in [0.4, 0.5) is 22.0 Å². The van der Waals surface area contributed by atoms with E-state index in [-0.39, 0.29) is 22.3 Å². The lowest BCUT2D eigenvalue weighted by molar-refractivity contribution is -0.131. The molecule has 1 atom stereocenters. The molecule has 0 saturated carbocycles. The van der Waals surface area contributed by atoms with Crippen molar-refractivity contribution < 1.29 is 13.9 Å². The van der Waals surface area contributed by atoms with Gasteiger partial charge in [0.15, 0.2) is 0 Å². The van der Waals surface area contributed by atoms with Crippen LogP contribution in [0, 0.1) is 0 Å². The van der Waals surface area contributed by atoms with E-state index in [9.17, 15) is 9.59 Å². The summed E-state index contributed by atoms with van der Waals surface area (Å²) < 4.78 is 0. The summed E-state index contributed by atoms with van der Waals surface area (Å²) in [5.41, 5.74) is 3.09. The Bertz CT molecular complexity index is 1340. The van der Waals surface area contributed by atoms with Crippen LogP contribution in [-0.2, 0) is 4.79 Å². The molecule has 1 unspecified atom stereocenters. The van der Waals surface area contributed by atoms with Gasteiger partial charge in [0.25, 0.3) is 0 Å². The van der Waals surface area contributed by atoms with Crippen molar-refractivity contribution in [1.82, 2.24) is 19.9 Å². The number of rotatable bonds is 4. The van der Waals surface area contributed by atoms with E-state index in [2.05, 4.69) is 30.5 Å². The van der Waals surface area contributed by atoms with Crippen LogP contribution in [0.25, 0.3) is 11.0 Å². The number of aromatic nitrogens is 3. The molecule has 9 heteroatoms. The SMILES string of the molecule is CC(=O)N1CCN(c2ncnc3[nH]ccc23)CC1c1cccc(NC(=O)Nc2ccccc2)c1.[HH].[HH].[HH]. The van der Waals surface area contributed by atoms with E-state index in [1.54, 1.807) is 13.3 Å². The molecule has 178 valence electrons. The highest BCUT2D eigenvalue weighted by atomic mass is 16.2. The summed E-state index contributed by atoms with van der Waals surface area (Å²) in [5.74, 6) is 0.857. The maximum Gasteiger partial charge on any atom is 0.323 e. The Balaban J connectivity index is 0.00000160. The van der Waals surface area contributed by atoms with Crippen molar-refractivity contribution in [2.45, 2.75) is 13.0 Å². The molecule has 3 amide bonds. The largest absolute Gasteiger partial charge is 0.352 e. The van der Waals surface area contributed by atoms with E-state index in [4.69, 9.17) is 0 Å². The van der Waals surface area contributed by atoms with Gasteiger partial charge in [0.05, 0.1) is 11.4 Å². The lowest BCUT2D eigenvalue weighted by atomic mass is 10.0. The van der Waals surface area contributed by atoms with Gasteiger partial charge in [-0.05, 0) is 35.9 Å². The molecule has 1 aliphatic rings. The standard InChI is InChI=1S/C25H25N7O2.3H2/c1-17(33)32-13-12-31(24-21-10-11-26-23(21)27-16-28-24)15-22(32)18-6-5-9-20(14-18)30-25(34)29-19-7-3-2-4-8-19;;;/h2-11,14,16,22H,12-13,15H2,1H3,(H,26,27,28)(H2,29,30,34);3*1H. The summed E-state index contributed by atoms with van der Waals surface area (Å²) >= 11 is 0. The number of nitrogens with one attached hydrogen (secondary N) is 3. The molecule has 0 radical (unpaired) electrons. The number of carbonyl (C=O) groups is 2. The first-order valence-corrected chi connectivity index (χ1v) is 11.1. The lowest BCUT2D eigenvalue weighted by Crippen LogP contribution is -2.50. The van der Waals surface area contributed by atoms with Crippen LogP contribution >= 0.6 is 0 Å². The van der Waals surface area contributed by atoms with E-state index in [1.165, 1.54) is 0 Å². The van der Waals surface area contributed by atoms with Crippen LogP contribution in [-0.4, -0.2) is 51.4 Å². The number of benzene rings is 2. The van der Waals surface area contributed by atoms with Crippen molar-refractivity contribution in [2.75, 3.05) is 35.2 Å². The van der Waals surface area contributed by atoms with Gasteiger partial charge in [0.2, 0.25) is 5.91 Å². The highest BCUT2D eigenvalue weighted by Gasteiger charge is 2.31. The summed E-state index contributed by atoms with van der Waals surface area (Å²) in [4.78, 5) is 40.9. The minimum absolute atomic E-state index is 0. The molecule has 3 heterocycles. The Kier molecular flexibility index (Phi) is 5.82. The van der Waals surface area contributed by atoms with Gasteiger partial charge in [-0.3, -0.25) is 4.79 Å². The maximum atomic E-state index is 12.5. The molecular weight excluding hydrogens is 430 g/mol. The average Bonchev–Trinajstić information content (AvgIpc) is 3.33. The molecule has 1 aliphatic heterocycles. The fourth-order valence-corrected chi connectivity index (χ4v) is 4.39. The van der Waals surface area contributed by atoms with Crippen LogP contribution in [0.15, 0.2) is 73.2 Å². The predicted octanol–water partition coefficient (Wildman–Crippen LogP) is 4.75. The molecule has 9 nitrogen and oxygen atoms in total. The lowest BCUT2D eigenvalue weighted by Gasteiger charge is -2.42. The number of hydrogen-bond donors (Lipinski definition) is 3. The zero-order chi connectivity index (χ0) is 23.5. The predicted molar refractivity (Wildman–Crippen MR) is 138 cm³/mol. The molecule has 4 aromatic rings. The number of anilines is 3. The van der Waals surface area contributed by atoms with Gasteiger partial charge >= 0.3 is 6.03 Å². The molecule has 2 aromatic carbocycles. The van der Waals surface area contributed by atoms with Crippen molar-refractivity contribution in [1.29, 1.82) is 0 Å². The van der Waals surface area contributed by atoms with E-state index in [0.29, 0.717) is 31.0 Å². The molecule has 0 spiro atoms. The second-order valence-corrected chi connectivity index (χ2v) is 8.18. The van der Waals surface area contributed by atoms with Gasteiger partial charge in [-0.15, -0.1) is 0 Å². The van der Waals surface area contributed by atoms with Crippen molar-refractivity contribution in [3.05, 3.63) is 78.8 Å². The zero-order valence-corrected chi connectivity index (χ0v) is 18.7. The number of aromatic amines is 1. The second kappa shape index (κ2) is 9.22. The zero-order valence-electron chi connectivity index (χ0n) is 18.7. The van der Waals surface area contributed by atoms with Crippen LogP contribution in [0.2, 0.25) is 0 Å².